The van der Waals surface area contributed by atoms with Gasteiger partial charge in [0.1, 0.15) is 11.8 Å². The normalized spacial score (nSPS) is 9.67. The van der Waals surface area contributed by atoms with Crippen LogP contribution in [0.3, 0.4) is 0 Å². The Morgan fingerprint density at radius 1 is 1.12 bits per heavy atom. The molecule has 2 aromatic carbocycles. The Morgan fingerprint density at radius 3 is 2.67 bits per heavy atom. The van der Waals surface area contributed by atoms with E-state index in [0.29, 0.717) is 24.2 Å². The van der Waals surface area contributed by atoms with Crippen molar-refractivity contribution in [2.45, 2.75) is 6.42 Å². The van der Waals surface area contributed by atoms with E-state index in [4.69, 9.17) is 10.00 Å². The molecule has 0 aliphatic rings. The third kappa shape index (κ3) is 4.58. The van der Waals surface area contributed by atoms with Crippen LogP contribution in [-0.4, -0.2) is 25.5 Å². The summed E-state index contributed by atoms with van der Waals surface area (Å²) in [5.41, 5.74) is 1.60. The zero-order chi connectivity index (χ0) is 17.4. The molecule has 0 saturated carbocycles. The summed E-state index contributed by atoms with van der Waals surface area (Å²) in [5, 5.41) is 14.0. The van der Waals surface area contributed by atoms with Gasteiger partial charge < -0.3 is 15.4 Å². The number of ether oxygens (including phenoxy) is 1. The number of benzene rings is 2. The second kappa shape index (κ2) is 8.34. The number of amides is 2. The average Bonchev–Trinajstić information content (AvgIpc) is 2.62. The average molecular weight is 323 g/mol. The molecule has 6 nitrogen and oxygen atoms in total. The second-order valence-electron chi connectivity index (χ2n) is 4.97. The predicted octanol–water partition coefficient (Wildman–Crippen LogP) is 1.86. The number of para-hydroxylation sites is 1. The van der Waals surface area contributed by atoms with Gasteiger partial charge in [-0.2, -0.15) is 5.26 Å². The molecule has 0 bridgehead atoms. The maximum atomic E-state index is 11.9. The summed E-state index contributed by atoms with van der Waals surface area (Å²) in [6.45, 7) is 0.319. The smallest absolute Gasteiger partial charge is 0.313 e. The molecule has 0 heterocycles. The highest BCUT2D eigenvalue weighted by Gasteiger charge is 2.14. The SMILES string of the molecule is COc1cccc(CCNC(=O)C(=O)Nc2ccccc2C#N)c1. The summed E-state index contributed by atoms with van der Waals surface area (Å²) in [6, 6.07) is 15.9. The van der Waals surface area contributed by atoms with Gasteiger partial charge in [0, 0.05) is 6.54 Å². The lowest BCUT2D eigenvalue weighted by molar-refractivity contribution is -0.136. The quantitative estimate of drug-likeness (QED) is 0.822. The number of nitrogens with one attached hydrogen (secondary N) is 2. The number of hydrogen-bond acceptors (Lipinski definition) is 4. The predicted molar refractivity (Wildman–Crippen MR) is 89.5 cm³/mol. The Morgan fingerprint density at radius 2 is 1.92 bits per heavy atom. The molecule has 0 aliphatic carbocycles. The largest absolute Gasteiger partial charge is 0.497 e. The van der Waals surface area contributed by atoms with Gasteiger partial charge in [-0.15, -0.1) is 0 Å². The highest BCUT2D eigenvalue weighted by atomic mass is 16.5. The highest BCUT2D eigenvalue weighted by Crippen LogP contribution is 2.13. The second-order valence-corrected chi connectivity index (χ2v) is 4.97. The monoisotopic (exact) mass is 323 g/mol. The molecule has 2 amide bonds. The van der Waals surface area contributed by atoms with E-state index in [-0.39, 0.29) is 0 Å². The zero-order valence-corrected chi connectivity index (χ0v) is 13.2. The molecule has 0 aromatic heterocycles. The van der Waals surface area contributed by atoms with Crippen LogP contribution in [0.4, 0.5) is 5.69 Å². The van der Waals surface area contributed by atoms with E-state index in [2.05, 4.69) is 10.6 Å². The number of nitriles is 1. The van der Waals surface area contributed by atoms with Crippen molar-refractivity contribution in [3.05, 3.63) is 59.7 Å². The Bertz CT molecular complexity index is 781. The number of nitrogens with zero attached hydrogens (tertiary/aromatic N) is 1. The Kier molecular flexibility index (Phi) is 5.92. The molecule has 0 radical (unpaired) electrons. The van der Waals surface area contributed by atoms with E-state index in [1.165, 1.54) is 0 Å². The summed E-state index contributed by atoms with van der Waals surface area (Å²) < 4.78 is 5.13. The minimum Gasteiger partial charge on any atom is -0.497 e. The van der Waals surface area contributed by atoms with Gasteiger partial charge in [-0.25, -0.2) is 0 Å². The number of methoxy groups -OCH3 is 1. The third-order valence-corrected chi connectivity index (χ3v) is 3.34. The van der Waals surface area contributed by atoms with E-state index in [1.54, 1.807) is 31.4 Å². The molecule has 2 aromatic rings. The number of hydrogen-bond donors (Lipinski definition) is 2. The molecule has 0 fully saturated rings. The van der Waals surface area contributed by atoms with Crippen molar-refractivity contribution in [1.29, 1.82) is 5.26 Å². The van der Waals surface area contributed by atoms with Crippen LogP contribution in [-0.2, 0) is 16.0 Å². The molecule has 0 saturated heterocycles. The molecule has 2 N–H and O–H groups in total. The Labute approximate surface area is 140 Å². The van der Waals surface area contributed by atoms with E-state index < -0.39 is 11.8 Å². The first kappa shape index (κ1) is 17.0. The lowest BCUT2D eigenvalue weighted by atomic mass is 10.1. The van der Waals surface area contributed by atoms with Crippen molar-refractivity contribution < 1.29 is 14.3 Å². The van der Waals surface area contributed by atoms with Crippen LogP contribution in [0.25, 0.3) is 0 Å². The molecular formula is C18H17N3O3. The van der Waals surface area contributed by atoms with E-state index in [1.807, 2.05) is 30.3 Å². The van der Waals surface area contributed by atoms with Crippen molar-refractivity contribution >= 4 is 17.5 Å². The summed E-state index contributed by atoms with van der Waals surface area (Å²) >= 11 is 0. The van der Waals surface area contributed by atoms with Crippen LogP contribution in [0.2, 0.25) is 0 Å². The van der Waals surface area contributed by atoms with Gasteiger partial charge in [-0.1, -0.05) is 24.3 Å². The molecular weight excluding hydrogens is 306 g/mol. The maximum Gasteiger partial charge on any atom is 0.313 e. The van der Waals surface area contributed by atoms with Crippen LogP contribution in [0.5, 0.6) is 5.75 Å². The number of anilines is 1. The summed E-state index contributed by atoms with van der Waals surface area (Å²) in [7, 11) is 1.59. The lowest BCUT2D eigenvalue weighted by Crippen LogP contribution is -2.36. The van der Waals surface area contributed by atoms with Crippen molar-refractivity contribution in [1.82, 2.24) is 5.32 Å². The van der Waals surface area contributed by atoms with Gasteiger partial charge in [0.05, 0.1) is 18.4 Å². The molecule has 6 heteroatoms. The molecule has 0 unspecified atom stereocenters. The van der Waals surface area contributed by atoms with Crippen molar-refractivity contribution in [3.63, 3.8) is 0 Å². The van der Waals surface area contributed by atoms with Crippen LogP contribution < -0.4 is 15.4 Å². The summed E-state index contributed by atoms with van der Waals surface area (Å²) in [5.74, 6) is -0.807. The minimum absolute atomic E-state index is 0.301. The van der Waals surface area contributed by atoms with Gasteiger partial charge in [-0.3, -0.25) is 9.59 Å². The zero-order valence-electron chi connectivity index (χ0n) is 13.2. The fourth-order valence-corrected chi connectivity index (χ4v) is 2.10. The van der Waals surface area contributed by atoms with Gasteiger partial charge in [0.25, 0.3) is 0 Å². The van der Waals surface area contributed by atoms with Gasteiger partial charge in [0.15, 0.2) is 0 Å². The summed E-state index contributed by atoms with van der Waals surface area (Å²) in [4.78, 5) is 23.7. The highest BCUT2D eigenvalue weighted by molar-refractivity contribution is 6.39. The standard InChI is InChI=1S/C18H17N3O3/c1-24-15-7-4-5-13(11-15)9-10-20-17(22)18(23)21-16-8-3-2-6-14(16)12-19/h2-8,11H,9-10H2,1H3,(H,20,22)(H,21,23). The number of carbonyl (C=O) groups is 2. The first-order chi connectivity index (χ1) is 11.6. The maximum absolute atomic E-state index is 11.9. The fourth-order valence-electron chi connectivity index (χ4n) is 2.10. The van der Waals surface area contributed by atoms with Crippen molar-refractivity contribution in [2.75, 3.05) is 19.0 Å². The molecule has 0 aliphatic heterocycles. The van der Waals surface area contributed by atoms with E-state index in [0.717, 1.165) is 11.3 Å². The number of rotatable bonds is 5. The van der Waals surface area contributed by atoms with Crippen molar-refractivity contribution in [3.8, 4) is 11.8 Å². The number of carbonyl (C=O) groups excluding carboxylic acids is 2. The molecule has 24 heavy (non-hydrogen) atoms. The third-order valence-electron chi connectivity index (χ3n) is 3.34. The van der Waals surface area contributed by atoms with Gasteiger partial charge in [0.2, 0.25) is 0 Å². The lowest BCUT2D eigenvalue weighted by Gasteiger charge is -2.08. The van der Waals surface area contributed by atoms with Crippen LogP contribution in [0.15, 0.2) is 48.5 Å². The molecule has 0 spiro atoms. The fraction of sp³-hybridized carbons (Fsp3) is 0.167. The van der Waals surface area contributed by atoms with E-state index in [9.17, 15) is 9.59 Å². The van der Waals surface area contributed by atoms with Crippen LogP contribution in [0, 0.1) is 11.3 Å². The van der Waals surface area contributed by atoms with Crippen molar-refractivity contribution in [2.24, 2.45) is 0 Å². The van der Waals surface area contributed by atoms with Gasteiger partial charge >= 0.3 is 11.8 Å². The first-order valence-corrected chi connectivity index (χ1v) is 7.35. The molecule has 0 atom stereocenters. The topological polar surface area (TPSA) is 91.2 Å². The van der Waals surface area contributed by atoms with Crippen LogP contribution >= 0.6 is 0 Å². The first-order valence-electron chi connectivity index (χ1n) is 7.35. The van der Waals surface area contributed by atoms with Gasteiger partial charge in [-0.05, 0) is 36.2 Å². The molecule has 2 rings (SSSR count). The Balaban J connectivity index is 1.86. The minimum atomic E-state index is -0.802. The molecule has 122 valence electrons. The Hall–Kier alpha value is -3.33. The van der Waals surface area contributed by atoms with Crippen LogP contribution in [0.1, 0.15) is 11.1 Å². The van der Waals surface area contributed by atoms with E-state index >= 15 is 0 Å². The summed E-state index contributed by atoms with van der Waals surface area (Å²) in [6.07, 6.45) is 0.574.